The molecule has 2 rings (SSSR count). The van der Waals surface area contributed by atoms with Gasteiger partial charge in [-0.05, 0) is 37.9 Å². The molecule has 0 saturated carbocycles. The molecule has 0 fully saturated rings. The van der Waals surface area contributed by atoms with Gasteiger partial charge in [0.15, 0.2) is 0 Å². The Morgan fingerprint density at radius 1 is 1.24 bits per heavy atom. The van der Waals surface area contributed by atoms with E-state index in [1.54, 1.807) is 17.4 Å². The Kier molecular flexibility index (Phi) is 5.51. The average molecular weight is 306 g/mol. The summed E-state index contributed by atoms with van der Waals surface area (Å²) in [5.74, 6) is -0.160. The van der Waals surface area contributed by atoms with Crippen molar-refractivity contribution in [2.45, 2.75) is 38.4 Å². The van der Waals surface area contributed by atoms with E-state index in [2.05, 4.69) is 23.3 Å². The van der Waals surface area contributed by atoms with Gasteiger partial charge >= 0.3 is 0 Å². The molecule has 1 aromatic heterocycles. The van der Waals surface area contributed by atoms with E-state index in [9.17, 15) is 4.39 Å². The van der Waals surface area contributed by atoms with Crippen LogP contribution < -0.4 is 5.73 Å². The second-order valence-corrected chi connectivity index (χ2v) is 6.37. The molecule has 0 aliphatic rings. The van der Waals surface area contributed by atoms with Gasteiger partial charge < -0.3 is 5.73 Å². The van der Waals surface area contributed by atoms with E-state index in [0.29, 0.717) is 5.56 Å². The number of halogens is 1. The van der Waals surface area contributed by atoms with E-state index >= 15 is 0 Å². The van der Waals surface area contributed by atoms with Crippen LogP contribution in [0.3, 0.4) is 0 Å². The van der Waals surface area contributed by atoms with Crippen LogP contribution in [0.1, 0.15) is 42.8 Å². The molecule has 1 aromatic carbocycles. The second-order valence-electron chi connectivity index (χ2n) is 5.40. The Bertz CT molecular complexity index is 556. The number of benzene rings is 1. The van der Waals surface area contributed by atoms with Gasteiger partial charge in [-0.1, -0.05) is 31.2 Å². The first-order valence-corrected chi connectivity index (χ1v) is 8.19. The molecular formula is C17H23FN2S. The molecule has 0 amide bonds. The maximum absolute atomic E-state index is 14.0. The third-order valence-electron chi connectivity index (χ3n) is 4.12. The molecule has 0 spiro atoms. The van der Waals surface area contributed by atoms with Crippen LogP contribution in [0.5, 0.6) is 0 Å². The Balaban J connectivity index is 2.30. The first-order valence-electron chi connectivity index (χ1n) is 7.31. The van der Waals surface area contributed by atoms with Crippen molar-refractivity contribution in [2.75, 3.05) is 7.05 Å². The monoisotopic (exact) mass is 306 g/mol. The minimum atomic E-state index is -0.160. The van der Waals surface area contributed by atoms with Crippen LogP contribution in [0.25, 0.3) is 0 Å². The zero-order chi connectivity index (χ0) is 15.4. The fourth-order valence-electron chi connectivity index (χ4n) is 2.67. The summed E-state index contributed by atoms with van der Waals surface area (Å²) in [6, 6.07) is 11.2. The summed E-state index contributed by atoms with van der Waals surface area (Å²) in [5, 5.41) is 2.06. The van der Waals surface area contributed by atoms with Crippen molar-refractivity contribution >= 4 is 11.3 Å². The highest BCUT2D eigenvalue weighted by atomic mass is 32.1. The number of rotatable bonds is 6. The topological polar surface area (TPSA) is 29.3 Å². The first kappa shape index (κ1) is 16.1. The summed E-state index contributed by atoms with van der Waals surface area (Å²) in [7, 11) is 2.02. The van der Waals surface area contributed by atoms with Crippen LogP contribution >= 0.6 is 11.3 Å². The van der Waals surface area contributed by atoms with Crippen molar-refractivity contribution in [2.24, 2.45) is 5.73 Å². The lowest BCUT2D eigenvalue weighted by Crippen LogP contribution is -2.39. The Morgan fingerprint density at radius 2 is 1.95 bits per heavy atom. The van der Waals surface area contributed by atoms with Gasteiger partial charge in [0.05, 0.1) is 6.04 Å². The highest BCUT2D eigenvalue weighted by molar-refractivity contribution is 7.10. The SMILES string of the molecule is CCC(N)C(c1cccs1)N(C)C(C)c1ccccc1F. The van der Waals surface area contributed by atoms with Crippen molar-refractivity contribution in [3.63, 3.8) is 0 Å². The third kappa shape index (κ3) is 3.51. The minimum Gasteiger partial charge on any atom is -0.326 e. The molecule has 1 heterocycles. The van der Waals surface area contributed by atoms with Crippen LogP contribution in [0, 0.1) is 5.82 Å². The van der Waals surface area contributed by atoms with E-state index < -0.39 is 0 Å². The van der Waals surface area contributed by atoms with Crippen LogP contribution in [-0.4, -0.2) is 18.0 Å². The maximum Gasteiger partial charge on any atom is 0.127 e. The van der Waals surface area contributed by atoms with Crippen molar-refractivity contribution in [3.8, 4) is 0 Å². The molecule has 2 N–H and O–H groups in total. The molecule has 0 bridgehead atoms. The van der Waals surface area contributed by atoms with Gasteiger partial charge in [-0.15, -0.1) is 11.3 Å². The molecule has 21 heavy (non-hydrogen) atoms. The van der Waals surface area contributed by atoms with E-state index in [1.807, 2.05) is 32.2 Å². The molecule has 2 nitrogen and oxygen atoms in total. The van der Waals surface area contributed by atoms with Gasteiger partial charge in [0.2, 0.25) is 0 Å². The van der Waals surface area contributed by atoms with Gasteiger partial charge in [-0.2, -0.15) is 0 Å². The highest BCUT2D eigenvalue weighted by Gasteiger charge is 2.28. The predicted molar refractivity (Wildman–Crippen MR) is 87.9 cm³/mol. The first-order chi connectivity index (χ1) is 10.1. The molecule has 0 saturated heterocycles. The molecule has 3 unspecified atom stereocenters. The number of nitrogens with two attached hydrogens (primary N) is 1. The number of thiophene rings is 1. The number of nitrogens with zero attached hydrogens (tertiary/aromatic N) is 1. The van der Waals surface area contributed by atoms with Gasteiger partial charge in [0.25, 0.3) is 0 Å². The Hall–Kier alpha value is -1.23. The summed E-state index contributed by atoms with van der Waals surface area (Å²) in [6.07, 6.45) is 0.886. The molecule has 3 atom stereocenters. The van der Waals surface area contributed by atoms with E-state index in [4.69, 9.17) is 5.73 Å². The normalized spacial score (nSPS) is 15.9. The molecule has 0 aliphatic carbocycles. The van der Waals surface area contributed by atoms with E-state index in [-0.39, 0.29) is 23.9 Å². The quantitative estimate of drug-likeness (QED) is 0.859. The Labute approximate surface area is 130 Å². The third-order valence-corrected chi connectivity index (χ3v) is 5.06. The van der Waals surface area contributed by atoms with Gasteiger partial charge in [0, 0.05) is 22.5 Å². The van der Waals surface area contributed by atoms with Crippen LogP contribution in [0.2, 0.25) is 0 Å². The van der Waals surface area contributed by atoms with E-state index in [0.717, 1.165) is 6.42 Å². The molecule has 4 heteroatoms. The second kappa shape index (κ2) is 7.16. The predicted octanol–water partition coefficient (Wildman–Crippen LogP) is 4.36. The highest BCUT2D eigenvalue weighted by Crippen LogP contribution is 2.34. The molecule has 0 radical (unpaired) electrons. The summed E-state index contributed by atoms with van der Waals surface area (Å²) < 4.78 is 14.0. The van der Waals surface area contributed by atoms with Crippen LogP contribution in [0.4, 0.5) is 4.39 Å². The number of likely N-dealkylation sites (N-methyl/N-ethyl adjacent to an activating group) is 1. The van der Waals surface area contributed by atoms with Gasteiger partial charge in [0.1, 0.15) is 5.82 Å². The molecular weight excluding hydrogens is 283 g/mol. The summed E-state index contributed by atoms with van der Waals surface area (Å²) >= 11 is 1.70. The van der Waals surface area contributed by atoms with Crippen molar-refractivity contribution in [1.82, 2.24) is 4.90 Å². The number of hydrogen-bond acceptors (Lipinski definition) is 3. The van der Waals surface area contributed by atoms with E-state index in [1.165, 1.54) is 10.9 Å². The lowest BCUT2D eigenvalue weighted by Gasteiger charge is -2.36. The molecule has 0 aliphatic heterocycles. The lowest BCUT2D eigenvalue weighted by atomic mass is 9.99. The van der Waals surface area contributed by atoms with Crippen LogP contribution in [-0.2, 0) is 0 Å². The lowest BCUT2D eigenvalue weighted by molar-refractivity contribution is 0.159. The van der Waals surface area contributed by atoms with Gasteiger partial charge in [-0.25, -0.2) is 4.39 Å². The maximum atomic E-state index is 14.0. The summed E-state index contributed by atoms with van der Waals surface area (Å²) in [5.41, 5.74) is 7.05. The van der Waals surface area contributed by atoms with Crippen molar-refractivity contribution in [3.05, 3.63) is 58.0 Å². The van der Waals surface area contributed by atoms with Crippen molar-refractivity contribution < 1.29 is 4.39 Å². The molecule has 2 aromatic rings. The summed E-state index contributed by atoms with van der Waals surface area (Å²) in [6.45, 7) is 4.12. The average Bonchev–Trinajstić information content (AvgIpc) is 3.00. The fraction of sp³-hybridized carbons (Fsp3) is 0.412. The molecule has 114 valence electrons. The van der Waals surface area contributed by atoms with Crippen LogP contribution in [0.15, 0.2) is 41.8 Å². The standard InChI is InChI=1S/C17H23FN2S/c1-4-15(19)17(16-10-7-11-21-16)20(3)12(2)13-8-5-6-9-14(13)18/h5-12,15,17H,4,19H2,1-3H3. The number of hydrogen-bond donors (Lipinski definition) is 1. The van der Waals surface area contributed by atoms with Crippen molar-refractivity contribution in [1.29, 1.82) is 0 Å². The largest absolute Gasteiger partial charge is 0.326 e. The summed E-state index contributed by atoms with van der Waals surface area (Å²) in [4.78, 5) is 3.41. The Morgan fingerprint density at radius 3 is 2.52 bits per heavy atom. The van der Waals surface area contributed by atoms with Gasteiger partial charge in [-0.3, -0.25) is 4.90 Å². The smallest absolute Gasteiger partial charge is 0.127 e. The fourth-order valence-corrected chi connectivity index (χ4v) is 3.62. The zero-order valence-electron chi connectivity index (χ0n) is 12.8. The zero-order valence-corrected chi connectivity index (χ0v) is 13.6. The minimum absolute atomic E-state index is 0.0304.